The van der Waals surface area contributed by atoms with Crippen LogP contribution in [0.1, 0.15) is 33.1 Å². The van der Waals surface area contributed by atoms with Crippen LogP contribution in [0.4, 0.5) is 0 Å². The number of aliphatic carboxylic acids is 1. The van der Waals surface area contributed by atoms with Gasteiger partial charge in [-0.15, -0.1) is 0 Å². The summed E-state index contributed by atoms with van der Waals surface area (Å²) in [4.78, 5) is 24.3. The van der Waals surface area contributed by atoms with E-state index in [9.17, 15) is 14.7 Å². The van der Waals surface area contributed by atoms with Crippen molar-refractivity contribution in [3.63, 3.8) is 0 Å². The Bertz CT molecular complexity index is 288. The Morgan fingerprint density at radius 2 is 2.06 bits per heavy atom. The summed E-state index contributed by atoms with van der Waals surface area (Å²) in [6, 6.07) is 0. The van der Waals surface area contributed by atoms with Crippen LogP contribution < -0.4 is 0 Å². The smallest absolute Gasteiger partial charge is 0.309 e. The van der Waals surface area contributed by atoms with Gasteiger partial charge in [-0.3, -0.25) is 9.59 Å². The molecule has 1 heterocycles. The van der Waals surface area contributed by atoms with Gasteiger partial charge in [-0.05, 0) is 26.7 Å². The van der Waals surface area contributed by atoms with E-state index in [1.165, 1.54) is 13.8 Å². The molecule has 1 atom stereocenters. The third-order valence-corrected chi connectivity index (χ3v) is 2.92. The second-order valence-electron chi connectivity index (χ2n) is 5.00. The molecule has 0 aromatic heterocycles. The van der Waals surface area contributed by atoms with Gasteiger partial charge in [-0.2, -0.15) is 0 Å². The van der Waals surface area contributed by atoms with Gasteiger partial charge in [0, 0.05) is 19.5 Å². The first kappa shape index (κ1) is 13.0. The lowest BCUT2D eigenvalue weighted by atomic mass is 9.88. The SMILES string of the molecule is CC(C)(CC(=O)N1CCCC(O)C1)C(=O)O. The van der Waals surface area contributed by atoms with Crippen LogP contribution >= 0.6 is 0 Å². The highest BCUT2D eigenvalue weighted by Gasteiger charge is 2.33. The molecule has 0 saturated carbocycles. The molecule has 0 aromatic carbocycles. The topological polar surface area (TPSA) is 77.8 Å². The molecule has 92 valence electrons. The number of hydrogen-bond donors (Lipinski definition) is 2. The van der Waals surface area contributed by atoms with Gasteiger partial charge in [0.25, 0.3) is 0 Å². The number of likely N-dealkylation sites (tertiary alicyclic amines) is 1. The van der Waals surface area contributed by atoms with E-state index in [4.69, 9.17) is 5.11 Å². The van der Waals surface area contributed by atoms with E-state index in [2.05, 4.69) is 0 Å². The van der Waals surface area contributed by atoms with Crippen LogP contribution in [0.5, 0.6) is 0 Å². The molecule has 1 amide bonds. The molecule has 0 aliphatic carbocycles. The molecule has 5 nitrogen and oxygen atoms in total. The number of carbonyl (C=O) groups is 2. The third-order valence-electron chi connectivity index (χ3n) is 2.92. The van der Waals surface area contributed by atoms with Gasteiger partial charge in [0.1, 0.15) is 0 Å². The zero-order valence-corrected chi connectivity index (χ0v) is 9.77. The average molecular weight is 229 g/mol. The van der Waals surface area contributed by atoms with E-state index >= 15 is 0 Å². The molecule has 5 heteroatoms. The summed E-state index contributed by atoms with van der Waals surface area (Å²) in [6.07, 6.45) is 1.01. The number of amides is 1. The van der Waals surface area contributed by atoms with Gasteiger partial charge in [-0.1, -0.05) is 0 Å². The molecule has 1 fully saturated rings. The summed E-state index contributed by atoms with van der Waals surface area (Å²) < 4.78 is 0. The highest BCUT2D eigenvalue weighted by atomic mass is 16.4. The molecular weight excluding hydrogens is 210 g/mol. The Balaban J connectivity index is 2.55. The Kier molecular flexibility index (Phi) is 3.91. The highest BCUT2D eigenvalue weighted by molar-refractivity contribution is 5.84. The van der Waals surface area contributed by atoms with E-state index in [1.54, 1.807) is 4.90 Å². The minimum atomic E-state index is -1.04. The maximum Gasteiger partial charge on any atom is 0.309 e. The van der Waals surface area contributed by atoms with Crippen LogP contribution in [0.15, 0.2) is 0 Å². The second-order valence-corrected chi connectivity index (χ2v) is 5.00. The molecule has 1 saturated heterocycles. The van der Waals surface area contributed by atoms with Crippen molar-refractivity contribution in [3.8, 4) is 0 Å². The maximum atomic E-state index is 11.8. The Labute approximate surface area is 95.1 Å². The number of β-amino-alcohol motifs (C(OH)–C–C–N with tert-alkyl or cyclic N) is 1. The summed E-state index contributed by atoms with van der Waals surface area (Å²) in [5.74, 6) is -1.16. The zero-order chi connectivity index (χ0) is 12.3. The van der Waals surface area contributed by atoms with Crippen molar-refractivity contribution in [2.75, 3.05) is 13.1 Å². The predicted octanol–water partition coefficient (Wildman–Crippen LogP) is 0.471. The first-order chi connectivity index (χ1) is 7.33. The molecule has 0 aromatic rings. The number of hydrogen-bond acceptors (Lipinski definition) is 3. The predicted molar refractivity (Wildman–Crippen MR) is 57.9 cm³/mol. The quantitative estimate of drug-likeness (QED) is 0.737. The van der Waals surface area contributed by atoms with Crippen molar-refractivity contribution < 1.29 is 19.8 Å². The van der Waals surface area contributed by atoms with Crippen LogP contribution in [0.3, 0.4) is 0 Å². The van der Waals surface area contributed by atoms with Crippen LogP contribution in [0.2, 0.25) is 0 Å². The van der Waals surface area contributed by atoms with E-state index in [0.29, 0.717) is 19.5 Å². The molecule has 1 rings (SSSR count). The van der Waals surface area contributed by atoms with Crippen LogP contribution in [0.25, 0.3) is 0 Å². The molecule has 0 bridgehead atoms. The molecule has 0 spiro atoms. The molecule has 16 heavy (non-hydrogen) atoms. The normalized spacial score (nSPS) is 21.9. The monoisotopic (exact) mass is 229 g/mol. The molecule has 0 radical (unpaired) electrons. The third kappa shape index (κ3) is 3.20. The Morgan fingerprint density at radius 3 is 2.56 bits per heavy atom. The molecule has 1 unspecified atom stereocenters. The van der Waals surface area contributed by atoms with E-state index in [-0.39, 0.29) is 12.3 Å². The number of rotatable bonds is 3. The first-order valence-corrected chi connectivity index (χ1v) is 5.52. The fourth-order valence-corrected chi connectivity index (χ4v) is 1.75. The summed E-state index contributed by atoms with van der Waals surface area (Å²) in [5, 5.41) is 18.3. The summed E-state index contributed by atoms with van der Waals surface area (Å²) in [7, 11) is 0. The van der Waals surface area contributed by atoms with E-state index in [0.717, 1.165) is 6.42 Å². The van der Waals surface area contributed by atoms with Gasteiger partial charge in [0.05, 0.1) is 11.5 Å². The largest absolute Gasteiger partial charge is 0.481 e. The molecular formula is C11H19NO4. The van der Waals surface area contributed by atoms with E-state index in [1.807, 2.05) is 0 Å². The number of aliphatic hydroxyl groups is 1. The number of aliphatic hydroxyl groups excluding tert-OH is 1. The van der Waals surface area contributed by atoms with Gasteiger partial charge >= 0.3 is 5.97 Å². The van der Waals surface area contributed by atoms with Gasteiger partial charge < -0.3 is 15.1 Å². The summed E-state index contributed by atoms with van der Waals surface area (Å²) >= 11 is 0. The van der Waals surface area contributed by atoms with Gasteiger partial charge in [0.15, 0.2) is 0 Å². The lowest BCUT2D eigenvalue weighted by Crippen LogP contribution is -2.44. The Hall–Kier alpha value is -1.10. The number of carbonyl (C=O) groups excluding carboxylic acids is 1. The van der Waals surface area contributed by atoms with Gasteiger partial charge in [-0.25, -0.2) is 0 Å². The standard InChI is InChI=1S/C11H19NO4/c1-11(2,10(15)16)6-9(14)12-5-3-4-8(13)7-12/h8,13H,3-7H2,1-2H3,(H,15,16). The van der Waals surface area contributed by atoms with Crippen LogP contribution in [-0.2, 0) is 9.59 Å². The molecule has 1 aliphatic rings. The zero-order valence-electron chi connectivity index (χ0n) is 9.77. The Morgan fingerprint density at radius 1 is 1.44 bits per heavy atom. The fraction of sp³-hybridized carbons (Fsp3) is 0.818. The van der Waals surface area contributed by atoms with E-state index < -0.39 is 17.5 Å². The second kappa shape index (κ2) is 4.82. The van der Waals surface area contributed by atoms with Crippen molar-refractivity contribution >= 4 is 11.9 Å². The number of carboxylic acid groups (broad SMARTS) is 1. The number of carboxylic acids is 1. The summed E-state index contributed by atoms with van der Waals surface area (Å²) in [6.45, 7) is 4.02. The summed E-state index contributed by atoms with van der Waals surface area (Å²) in [5.41, 5.74) is -1.04. The molecule has 1 aliphatic heterocycles. The lowest BCUT2D eigenvalue weighted by molar-refractivity contribution is -0.152. The fourth-order valence-electron chi connectivity index (χ4n) is 1.75. The highest BCUT2D eigenvalue weighted by Crippen LogP contribution is 2.23. The van der Waals surface area contributed by atoms with Gasteiger partial charge in [0.2, 0.25) is 5.91 Å². The number of piperidine rings is 1. The first-order valence-electron chi connectivity index (χ1n) is 5.52. The van der Waals surface area contributed by atoms with Crippen LogP contribution in [0, 0.1) is 5.41 Å². The average Bonchev–Trinajstić information content (AvgIpc) is 2.16. The van der Waals surface area contributed by atoms with Crippen molar-refractivity contribution in [1.82, 2.24) is 4.90 Å². The van der Waals surface area contributed by atoms with Crippen molar-refractivity contribution in [2.45, 2.75) is 39.2 Å². The van der Waals surface area contributed by atoms with Crippen LogP contribution in [-0.4, -0.2) is 46.2 Å². The van der Waals surface area contributed by atoms with Crippen molar-refractivity contribution in [3.05, 3.63) is 0 Å². The minimum absolute atomic E-state index is 0.0188. The van der Waals surface area contributed by atoms with Crippen molar-refractivity contribution in [1.29, 1.82) is 0 Å². The van der Waals surface area contributed by atoms with Crippen molar-refractivity contribution in [2.24, 2.45) is 5.41 Å². The minimum Gasteiger partial charge on any atom is -0.481 e. The lowest BCUT2D eigenvalue weighted by Gasteiger charge is -2.32. The molecule has 2 N–H and O–H groups in total. The number of nitrogens with zero attached hydrogens (tertiary/aromatic N) is 1. The maximum absolute atomic E-state index is 11.8.